The minimum atomic E-state index is -0.515. The molecule has 0 aromatic carbocycles. The molecule has 0 aliphatic rings. The van der Waals surface area contributed by atoms with Crippen molar-refractivity contribution in [1.82, 2.24) is 4.98 Å². The lowest BCUT2D eigenvalue weighted by Gasteiger charge is -2.00. The van der Waals surface area contributed by atoms with Gasteiger partial charge in [0.15, 0.2) is 0 Å². The third-order valence-electron chi connectivity index (χ3n) is 1.28. The second kappa shape index (κ2) is 6.31. The van der Waals surface area contributed by atoms with Gasteiger partial charge in [-0.2, -0.15) is 4.39 Å². The van der Waals surface area contributed by atoms with Crippen molar-refractivity contribution in [3.63, 3.8) is 0 Å². The van der Waals surface area contributed by atoms with E-state index in [1.165, 1.54) is 13.2 Å². The van der Waals surface area contributed by atoms with Crippen molar-refractivity contribution in [3.8, 4) is 0 Å². The third-order valence-corrected chi connectivity index (χ3v) is 1.89. The number of pyridine rings is 1. The normalized spacial score (nSPS) is 8.57. The van der Waals surface area contributed by atoms with Gasteiger partial charge in [-0.1, -0.05) is 0 Å². The van der Waals surface area contributed by atoms with E-state index in [1.54, 1.807) is 6.92 Å². The van der Waals surface area contributed by atoms with E-state index >= 15 is 0 Å². The molecule has 1 aromatic rings. The van der Waals surface area contributed by atoms with Crippen molar-refractivity contribution >= 4 is 28.1 Å². The minimum absolute atomic E-state index is 0.366. The molecule has 14 heavy (non-hydrogen) atoms. The molecule has 0 aliphatic carbocycles. The Bertz CT molecular complexity index is 297. The fourth-order valence-corrected chi connectivity index (χ4v) is 1.09. The van der Waals surface area contributed by atoms with Crippen LogP contribution >= 0.6 is 15.9 Å². The Morgan fingerprint density at radius 2 is 2.21 bits per heavy atom. The van der Waals surface area contributed by atoms with Crippen LogP contribution in [-0.2, 0) is 9.53 Å². The summed E-state index contributed by atoms with van der Waals surface area (Å²) < 4.78 is 16.6. The zero-order valence-corrected chi connectivity index (χ0v) is 9.34. The smallest absolute Gasteiger partial charge is 0.292 e. The van der Waals surface area contributed by atoms with Crippen molar-refractivity contribution in [1.29, 1.82) is 0 Å². The largest absolute Gasteiger partial charge is 0.471 e. The Morgan fingerprint density at radius 3 is 2.57 bits per heavy atom. The first-order valence-corrected chi connectivity index (χ1v) is 4.36. The molecule has 2 N–H and O–H groups in total. The van der Waals surface area contributed by atoms with Crippen molar-refractivity contribution in [3.05, 3.63) is 22.2 Å². The van der Waals surface area contributed by atoms with Crippen LogP contribution in [0.25, 0.3) is 0 Å². The van der Waals surface area contributed by atoms with Crippen LogP contribution < -0.4 is 5.73 Å². The number of aromatic nitrogens is 1. The Kier molecular flexibility index (Phi) is 5.78. The van der Waals surface area contributed by atoms with Crippen molar-refractivity contribution in [2.24, 2.45) is 0 Å². The Morgan fingerprint density at radius 1 is 1.71 bits per heavy atom. The molecule has 4 nitrogen and oxygen atoms in total. The highest BCUT2D eigenvalue weighted by Gasteiger charge is 2.02. The molecule has 1 aromatic heterocycles. The van der Waals surface area contributed by atoms with Crippen LogP contribution in [0.1, 0.15) is 5.56 Å². The topological polar surface area (TPSA) is 65.2 Å². The van der Waals surface area contributed by atoms with Gasteiger partial charge in [-0.05, 0) is 34.5 Å². The van der Waals surface area contributed by atoms with Crippen molar-refractivity contribution < 1.29 is 13.9 Å². The van der Waals surface area contributed by atoms with Crippen LogP contribution in [0.3, 0.4) is 0 Å². The fourth-order valence-electron chi connectivity index (χ4n) is 0.605. The predicted octanol–water partition coefficient (Wildman–Crippen LogP) is 1.66. The number of methoxy groups -OCH3 is 1. The van der Waals surface area contributed by atoms with E-state index in [4.69, 9.17) is 10.5 Å². The first-order chi connectivity index (χ1) is 6.52. The molecule has 0 fully saturated rings. The van der Waals surface area contributed by atoms with Crippen LogP contribution in [0, 0.1) is 12.9 Å². The summed E-state index contributed by atoms with van der Waals surface area (Å²) in [4.78, 5) is 12.4. The van der Waals surface area contributed by atoms with Crippen LogP contribution in [0.2, 0.25) is 0 Å². The molecule has 0 aliphatic heterocycles. The summed E-state index contributed by atoms with van der Waals surface area (Å²) in [5, 5.41) is 0. The molecule has 0 saturated carbocycles. The van der Waals surface area contributed by atoms with Gasteiger partial charge < -0.3 is 10.5 Å². The second-order valence-electron chi connectivity index (χ2n) is 2.30. The Labute approximate surface area is 89.4 Å². The number of rotatable bonds is 1. The van der Waals surface area contributed by atoms with Gasteiger partial charge in [0, 0.05) is 0 Å². The van der Waals surface area contributed by atoms with Gasteiger partial charge in [0.2, 0.25) is 5.95 Å². The van der Waals surface area contributed by atoms with Gasteiger partial charge in [0.1, 0.15) is 4.60 Å². The van der Waals surface area contributed by atoms with E-state index in [0.29, 0.717) is 22.3 Å². The zero-order chi connectivity index (χ0) is 11.1. The maximum atomic E-state index is 12.4. The molecular formula is C8H10BrFN2O2. The maximum absolute atomic E-state index is 12.4. The van der Waals surface area contributed by atoms with Crippen molar-refractivity contribution in [2.75, 3.05) is 12.8 Å². The number of carbonyl (C=O) groups excluding carboxylic acids is 1. The number of anilines is 1. The van der Waals surface area contributed by atoms with E-state index in [0.717, 1.165) is 0 Å². The molecule has 0 saturated heterocycles. The fraction of sp³-hybridized carbons (Fsp3) is 0.250. The summed E-state index contributed by atoms with van der Waals surface area (Å²) >= 11 is 3.02. The van der Waals surface area contributed by atoms with Crippen LogP contribution in [-0.4, -0.2) is 18.6 Å². The highest BCUT2D eigenvalue weighted by atomic mass is 79.9. The highest BCUT2D eigenvalue weighted by molar-refractivity contribution is 9.10. The van der Waals surface area contributed by atoms with Gasteiger partial charge >= 0.3 is 0 Å². The van der Waals surface area contributed by atoms with Gasteiger partial charge in [0.05, 0.1) is 12.8 Å². The SMILES string of the molecule is COC=O.Cc1cc(F)nc(Br)c1N. The number of ether oxygens (including phenoxy) is 1. The second-order valence-corrected chi connectivity index (χ2v) is 3.05. The van der Waals surface area contributed by atoms with Gasteiger partial charge in [-0.15, -0.1) is 0 Å². The predicted molar refractivity (Wildman–Crippen MR) is 54.1 cm³/mol. The lowest BCUT2D eigenvalue weighted by Crippen LogP contribution is -1.95. The number of hydrogen-bond acceptors (Lipinski definition) is 4. The van der Waals surface area contributed by atoms with Crippen LogP contribution in [0.15, 0.2) is 10.7 Å². The van der Waals surface area contributed by atoms with E-state index in [2.05, 4.69) is 25.7 Å². The summed E-state index contributed by atoms with van der Waals surface area (Å²) in [6, 6.07) is 1.29. The van der Waals surface area contributed by atoms with E-state index in [9.17, 15) is 4.39 Å². The summed E-state index contributed by atoms with van der Waals surface area (Å²) in [6.45, 7) is 2.10. The van der Waals surface area contributed by atoms with E-state index in [1.807, 2.05) is 0 Å². The number of nitrogens with zero attached hydrogens (tertiary/aromatic N) is 1. The van der Waals surface area contributed by atoms with Crippen molar-refractivity contribution in [2.45, 2.75) is 6.92 Å². The molecular weight excluding hydrogens is 255 g/mol. The summed E-state index contributed by atoms with van der Waals surface area (Å²) in [6.07, 6.45) is 0. The third kappa shape index (κ3) is 4.18. The summed E-state index contributed by atoms with van der Waals surface area (Å²) in [7, 11) is 1.31. The molecule has 0 spiro atoms. The molecule has 78 valence electrons. The number of nitrogens with two attached hydrogens (primary N) is 1. The summed E-state index contributed by atoms with van der Waals surface area (Å²) in [5.41, 5.74) is 6.66. The van der Waals surface area contributed by atoms with Crippen LogP contribution in [0.4, 0.5) is 10.1 Å². The standard InChI is InChI=1S/C6H6BrFN2.C2H4O2/c1-3-2-4(8)10-6(7)5(3)9;1-4-2-3/h2H,9H2,1H3;2H,1H3. The van der Waals surface area contributed by atoms with Gasteiger partial charge in [-0.25, -0.2) is 4.98 Å². The summed E-state index contributed by atoms with van der Waals surface area (Å²) in [5.74, 6) is -0.515. The first-order valence-electron chi connectivity index (χ1n) is 3.57. The number of aryl methyl sites for hydroxylation is 1. The quantitative estimate of drug-likeness (QED) is 0.619. The number of carbonyl (C=O) groups is 1. The molecule has 0 amide bonds. The zero-order valence-electron chi connectivity index (χ0n) is 7.75. The molecule has 1 heterocycles. The number of nitrogen functional groups attached to an aromatic ring is 1. The van der Waals surface area contributed by atoms with Crippen LogP contribution in [0.5, 0.6) is 0 Å². The maximum Gasteiger partial charge on any atom is 0.292 e. The van der Waals surface area contributed by atoms with Gasteiger partial charge in [-0.3, -0.25) is 4.79 Å². The Balaban J connectivity index is 0.000000364. The average Bonchev–Trinajstić information content (AvgIpc) is 2.14. The lowest BCUT2D eigenvalue weighted by atomic mass is 10.3. The van der Waals surface area contributed by atoms with Gasteiger partial charge in [0.25, 0.3) is 6.47 Å². The molecule has 6 heteroatoms. The molecule has 0 unspecified atom stereocenters. The Hall–Kier alpha value is -1.17. The lowest BCUT2D eigenvalue weighted by molar-refractivity contribution is -0.126. The first kappa shape index (κ1) is 12.8. The molecule has 0 bridgehead atoms. The molecule has 0 radical (unpaired) electrons. The van der Waals surface area contributed by atoms with E-state index < -0.39 is 5.95 Å². The van der Waals surface area contributed by atoms with E-state index in [-0.39, 0.29) is 0 Å². The average molecular weight is 265 g/mol. The number of hydrogen-bond donors (Lipinski definition) is 1. The minimum Gasteiger partial charge on any atom is -0.471 e. The highest BCUT2D eigenvalue weighted by Crippen LogP contribution is 2.20. The molecule has 0 atom stereocenters. The monoisotopic (exact) mass is 264 g/mol. The number of halogens is 2. The molecule has 1 rings (SSSR count).